The van der Waals surface area contributed by atoms with Crippen molar-refractivity contribution in [3.05, 3.63) is 59.7 Å². The Morgan fingerprint density at radius 2 is 2.00 bits per heavy atom. The Kier molecular flexibility index (Phi) is 3.78. The lowest BCUT2D eigenvalue weighted by atomic mass is 10.1. The number of rotatable bonds is 3. The lowest BCUT2D eigenvalue weighted by Crippen LogP contribution is -2.48. The summed E-state index contributed by atoms with van der Waals surface area (Å²) in [6, 6.07) is 14.9. The third kappa shape index (κ3) is 2.93. The zero-order chi connectivity index (χ0) is 15.5. The van der Waals surface area contributed by atoms with Crippen molar-refractivity contribution in [2.75, 3.05) is 5.32 Å². The highest BCUT2D eigenvalue weighted by Gasteiger charge is 2.33. The first kappa shape index (κ1) is 14.1. The molecule has 0 fully saturated rings. The first-order valence-electron chi connectivity index (χ1n) is 7.03. The fourth-order valence-electron chi connectivity index (χ4n) is 2.27. The molecule has 2 aromatic carbocycles. The first-order chi connectivity index (χ1) is 10.6. The molecular formula is C17H16N2O3. The van der Waals surface area contributed by atoms with Crippen LogP contribution < -0.4 is 15.4 Å². The molecular weight excluding hydrogens is 280 g/mol. The summed E-state index contributed by atoms with van der Waals surface area (Å²) in [7, 11) is 0. The number of hydrogen-bond acceptors (Lipinski definition) is 3. The van der Waals surface area contributed by atoms with E-state index in [1.165, 1.54) is 0 Å². The predicted octanol–water partition coefficient (Wildman–Crippen LogP) is 2.01. The van der Waals surface area contributed by atoms with Crippen molar-refractivity contribution < 1.29 is 14.3 Å². The van der Waals surface area contributed by atoms with Crippen LogP contribution in [0.2, 0.25) is 0 Å². The Morgan fingerprint density at radius 3 is 2.77 bits per heavy atom. The van der Waals surface area contributed by atoms with Gasteiger partial charge in [-0.1, -0.05) is 36.4 Å². The van der Waals surface area contributed by atoms with Crippen LogP contribution in [-0.4, -0.2) is 17.9 Å². The molecule has 0 radical (unpaired) electrons. The van der Waals surface area contributed by atoms with Gasteiger partial charge in [0.25, 0.3) is 17.9 Å². The number of benzene rings is 2. The summed E-state index contributed by atoms with van der Waals surface area (Å²) in [6.07, 6.45) is -1.17. The highest BCUT2D eigenvalue weighted by Crippen LogP contribution is 2.30. The van der Waals surface area contributed by atoms with E-state index in [1.807, 2.05) is 49.4 Å². The molecule has 5 heteroatoms. The average molecular weight is 296 g/mol. The molecule has 2 N–H and O–H groups in total. The van der Waals surface area contributed by atoms with Crippen molar-refractivity contribution in [3.8, 4) is 5.75 Å². The number of fused-ring (bicyclic) bond motifs is 1. The van der Waals surface area contributed by atoms with Gasteiger partial charge in [-0.05, 0) is 30.2 Å². The van der Waals surface area contributed by atoms with E-state index >= 15 is 0 Å². The third-order valence-corrected chi connectivity index (χ3v) is 3.42. The van der Waals surface area contributed by atoms with Crippen molar-refractivity contribution >= 4 is 17.5 Å². The molecule has 0 unspecified atom stereocenters. The number of nitrogens with one attached hydrogen (secondary N) is 2. The van der Waals surface area contributed by atoms with Crippen molar-refractivity contribution in [1.29, 1.82) is 0 Å². The van der Waals surface area contributed by atoms with Crippen LogP contribution in [0, 0.1) is 6.92 Å². The standard InChI is InChI=1S/C17H16N2O3/c1-11-7-8-14-13(9-11)19-17(21)15(22-14)16(20)18-10-12-5-3-2-4-6-12/h2-9,15H,10H2,1H3,(H,18,20)(H,19,21)/t15-/m0/s1. The van der Waals surface area contributed by atoms with Gasteiger partial charge >= 0.3 is 0 Å². The minimum atomic E-state index is -1.17. The first-order valence-corrected chi connectivity index (χ1v) is 7.03. The number of hydrogen-bond donors (Lipinski definition) is 2. The largest absolute Gasteiger partial charge is 0.468 e. The van der Waals surface area contributed by atoms with Crippen molar-refractivity contribution in [1.82, 2.24) is 5.32 Å². The normalized spacial score (nSPS) is 16.2. The van der Waals surface area contributed by atoms with Crippen LogP contribution in [0.3, 0.4) is 0 Å². The van der Waals surface area contributed by atoms with Gasteiger partial charge in [0.1, 0.15) is 5.75 Å². The molecule has 3 rings (SSSR count). The molecule has 0 bridgehead atoms. The second-order valence-corrected chi connectivity index (χ2v) is 5.19. The summed E-state index contributed by atoms with van der Waals surface area (Å²) in [4.78, 5) is 24.2. The van der Waals surface area contributed by atoms with Gasteiger partial charge in [-0.2, -0.15) is 0 Å². The molecule has 0 saturated carbocycles. The second-order valence-electron chi connectivity index (χ2n) is 5.19. The van der Waals surface area contributed by atoms with Gasteiger partial charge in [-0.15, -0.1) is 0 Å². The molecule has 0 aromatic heterocycles. The zero-order valence-electron chi connectivity index (χ0n) is 12.1. The number of ether oxygens (including phenoxy) is 1. The van der Waals surface area contributed by atoms with E-state index in [0.29, 0.717) is 18.0 Å². The van der Waals surface area contributed by atoms with E-state index in [-0.39, 0.29) is 0 Å². The molecule has 0 aliphatic carbocycles. The van der Waals surface area contributed by atoms with Crippen molar-refractivity contribution in [2.24, 2.45) is 0 Å². The SMILES string of the molecule is Cc1ccc2c(c1)NC(=O)[C@H](C(=O)NCc1ccccc1)O2. The molecule has 0 saturated heterocycles. The van der Waals surface area contributed by atoms with E-state index in [4.69, 9.17) is 4.74 Å². The van der Waals surface area contributed by atoms with E-state index in [2.05, 4.69) is 10.6 Å². The monoisotopic (exact) mass is 296 g/mol. The van der Waals surface area contributed by atoms with Crippen LogP contribution in [0.15, 0.2) is 48.5 Å². The lowest BCUT2D eigenvalue weighted by Gasteiger charge is -2.25. The highest BCUT2D eigenvalue weighted by atomic mass is 16.5. The number of amides is 2. The minimum absolute atomic E-state index is 0.355. The van der Waals surface area contributed by atoms with Gasteiger partial charge in [0, 0.05) is 6.54 Å². The average Bonchev–Trinajstić information content (AvgIpc) is 2.53. The molecule has 22 heavy (non-hydrogen) atoms. The Balaban J connectivity index is 1.68. The number of anilines is 1. The fraction of sp³-hybridized carbons (Fsp3) is 0.176. The van der Waals surface area contributed by atoms with Gasteiger partial charge < -0.3 is 15.4 Å². The maximum absolute atomic E-state index is 12.2. The van der Waals surface area contributed by atoms with Gasteiger partial charge in [-0.25, -0.2) is 0 Å². The smallest absolute Gasteiger partial charge is 0.275 e. The van der Waals surface area contributed by atoms with E-state index in [9.17, 15) is 9.59 Å². The fourth-order valence-corrected chi connectivity index (χ4v) is 2.27. The van der Waals surface area contributed by atoms with Gasteiger partial charge in [0.15, 0.2) is 0 Å². The van der Waals surface area contributed by atoms with Crippen LogP contribution in [-0.2, 0) is 16.1 Å². The number of carbonyl (C=O) groups is 2. The number of aryl methyl sites for hydroxylation is 1. The van der Waals surface area contributed by atoms with E-state index < -0.39 is 17.9 Å². The summed E-state index contributed by atoms with van der Waals surface area (Å²) < 4.78 is 5.53. The molecule has 2 aromatic rings. The van der Waals surface area contributed by atoms with E-state index in [0.717, 1.165) is 11.1 Å². The second kappa shape index (κ2) is 5.89. The van der Waals surface area contributed by atoms with Crippen molar-refractivity contribution in [2.45, 2.75) is 19.6 Å². The highest BCUT2D eigenvalue weighted by molar-refractivity contribution is 6.11. The molecule has 112 valence electrons. The maximum atomic E-state index is 12.2. The maximum Gasteiger partial charge on any atom is 0.275 e. The molecule has 1 atom stereocenters. The quantitative estimate of drug-likeness (QED) is 0.851. The van der Waals surface area contributed by atoms with Gasteiger partial charge in [0.2, 0.25) is 0 Å². The summed E-state index contributed by atoms with van der Waals surface area (Å²) in [5, 5.41) is 5.42. The van der Waals surface area contributed by atoms with Crippen LogP contribution in [0.4, 0.5) is 5.69 Å². The van der Waals surface area contributed by atoms with Gasteiger partial charge in [-0.3, -0.25) is 9.59 Å². The minimum Gasteiger partial charge on any atom is -0.468 e. The molecule has 5 nitrogen and oxygen atoms in total. The predicted molar refractivity (Wildman–Crippen MR) is 82.5 cm³/mol. The Bertz CT molecular complexity index is 713. The molecule has 0 spiro atoms. The molecule has 1 aliphatic rings. The van der Waals surface area contributed by atoms with Crippen LogP contribution in [0.25, 0.3) is 0 Å². The van der Waals surface area contributed by atoms with E-state index in [1.54, 1.807) is 6.07 Å². The molecule has 1 aliphatic heterocycles. The van der Waals surface area contributed by atoms with Crippen LogP contribution in [0.5, 0.6) is 5.75 Å². The van der Waals surface area contributed by atoms with Gasteiger partial charge in [0.05, 0.1) is 5.69 Å². The lowest BCUT2D eigenvalue weighted by molar-refractivity contribution is -0.137. The third-order valence-electron chi connectivity index (χ3n) is 3.42. The van der Waals surface area contributed by atoms with Crippen LogP contribution >= 0.6 is 0 Å². The summed E-state index contributed by atoms with van der Waals surface area (Å²) in [6.45, 7) is 2.28. The van der Waals surface area contributed by atoms with Crippen LogP contribution in [0.1, 0.15) is 11.1 Å². The topological polar surface area (TPSA) is 67.4 Å². The molecule has 1 heterocycles. The zero-order valence-corrected chi connectivity index (χ0v) is 12.1. The van der Waals surface area contributed by atoms with Crippen molar-refractivity contribution in [3.63, 3.8) is 0 Å². The Hall–Kier alpha value is -2.82. The molecule has 2 amide bonds. The number of carbonyl (C=O) groups excluding carboxylic acids is 2. The Labute approximate surface area is 128 Å². The summed E-state index contributed by atoms with van der Waals surface area (Å²) in [5.41, 5.74) is 2.56. The Morgan fingerprint density at radius 1 is 1.23 bits per heavy atom. The summed E-state index contributed by atoms with van der Waals surface area (Å²) in [5.74, 6) is -0.402. The summed E-state index contributed by atoms with van der Waals surface area (Å²) >= 11 is 0.